The van der Waals surface area contributed by atoms with Gasteiger partial charge in [-0.05, 0) is 37.8 Å². The zero-order valence-corrected chi connectivity index (χ0v) is 17.1. The van der Waals surface area contributed by atoms with E-state index >= 15 is 0 Å². The third-order valence-electron chi connectivity index (χ3n) is 4.71. The fourth-order valence-electron chi connectivity index (χ4n) is 3.02. The Kier molecular flexibility index (Phi) is 7.32. The van der Waals surface area contributed by atoms with Crippen molar-refractivity contribution in [2.24, 2.45) is 5.92 Å². The number of nitrogens with one attached hydrogen (secondary N) is 1. The fourth-order valence-corrected chi connectivity index (χ4v) is 4.85. The number of hydrogen-bond acceptors (Lipinski definition) is 4. The Morgan fingerprint density at radius 3 is 2.58 bits per heavy atom. The predicted molar refractivity (Wildman–Crippen MR) is 104 cm³/mol. The number of carbonyl (C=O) groups is 1. The summed E-state index contributed by atoms with van der Waals surface area (Å²) in [6, 6.07) is 3.46. The van der Waals surface area contributed by atoms with Crippen molar-refractivity contribution in [1.29, 1.82) is 0 Å². The quantitative estimate of drug-likeness (QED) is 0.757. The molecule has 0 unspecified atom stereocenters. The number of halogens is 1. The lowest BCUT2D eigenvalue weighted by Crippen LogP contribution is -2.42. The van der Waals surface area contributed by atoms with Crippen molar-refractivity contribution >= 4 is 33.2 Å². The van der Waals surface area contributed by atoms with E-state index in [1.807, 2.05) is 13.8 Å². The average Bonchev–Trinajstić information content (AvgIpc) is 2.63. The highest BCUT2D eigenvalue weighted by Crippen LogP contribution is 2.32. The normalized spacial score (nSPS) is 16.5. The van der Waals surface area contributed by atoms with Crippen LogP contribution in [-0.2, 0) is 14.8 Å². The molecule has 0 aromatic heterocycles. The van der Waals surface area contributed by atoms with Crippen LogP contribution in [0.15, 0.2) is 12.1 Å². The number of ether oxygens (including phenoxy) is 1. The number of benzene rings is 1. The van der Waals surface area contributed by atoms with Gasteiger partial charge < -0.3 is 10.1 Å². The Morgan fingerprint density at radius 1 is 1.35 bits per heavy atom. The van der Waals surface area contributed by atoms with Crippen molar-refractivity contribution in [2.45, 2.75) is 39.5 Å². The number of amides is 1. The zero-order chi connectivity index (χ0) is 19.3. The predicted octanol–water partition coefficient (Wildman–Crippen LogP) is 3.44. The van der Waals surface area contributed by atoms with E-state index in [4.69, 9.17) is 16.3 Å². The maximum Gasteiger partial charge on any atom is 0.227 e. The number of aryl methyl sites for hydroxylation is 1. The van der Waals surface area contributed by atoms with Crippen LogP contribution in [0.4, 0.5) is 5.69 Å². The van der Waals surface area contributed by atoms with Crippen molar-refractivity contribution in [1.82, 2.24) is 4.31 Å². The van der Waals surface area contributed by atoms with Crippen molar-refractivity contribution in [2.75, 3.05) is 31.3 Å². The van der Waals surface area contributed by atoms with Crippen LogP contribution < -0.4 is 10.1 Å². The molecule has 0 atom stereocenters. The summed E-state index contributed by atoms with van der Waals surface area (Å²) >= 11 is 6.09. The van der Waals surface area contributed by atoms with E-state index in [9.17, 15) is 13.2 Å². The topological polar surface area (TPSA) is 75.7 Å². The van der Waals surface area contributed by atoms with E-state index in [2.05, 4.69) is 5.32 Å². The summed E-state index contributed by atoms with van der Waals surface area (Å²) in [5.41, 5.74) is 1.43. The van der Waals surface area contributed by atoms with Crippen molar-refractivity contribution in [3.8, 4) is 5.75 Å². The van der Waals surface area contributed by atoms with Crippen LogP contribution in [0.1, 0.15) is 38.2 Å². The number of nitrogens with zero attached hydrogens (tertiary/aromatic N) is 1. The van der Waals surface area contributed by atoms with Crippen LogP contribution in [0.5, 0.6) is 5.75 Å². The van der Waals surface area contributed by atoms with Crippen molar-refractivity contribution in [3.63, 3.8) is 0 Å². The molecule has 8 heteroatoms. The molecule has 1 amide bonds. The molecule has 1 N–H and O–H groups in total. The van der Waals surface area contributed by atoms with E-state index in [0.29, 0.717) is 48.8 Å². The molecule has 0 radical (unpaired) electrons. The Labute approximate surface area is 160 Å². The Bertz CT molecular complexity index is 744. The Morgan fingerprint density at radius 2 is 2.00 bits per heavy atom. The summed E-state index contributed by atoms with van der Waals surface area (Å²) < 4.78 is 31.3. The van der Waals surface area contributed by atoms with Gasteiger partial charge in [-0.25, -0.2) is 12.7 Å². The van der Waals surface area contributed by atoms with Gasteiger partial charge in [0, 0.05) is 30.1 Å². The smallest absolute Gasteiger partial charge is 0.227 e. The van der Waals surface area contributed by atoms with E-state index in [-0.39, 0.29) is 17.6 Å². The number of unbranched alkanes of at least 4 members (excludes halogenated alkanes) is 1. The van der Waals surface area contributed by atoms with Gasteiger partial charge in [0.05, 0.1) is 18.6 Å². The van der Waals surface area contributed by atoms with E-state index in [1.54, 1.807) is 12.1 Å². The van der Waals surface area contributed by atoms with Crippen LogP contribution in [-0.4, -0.2) is 44.6 Å². The molecule has 0 spiro atoms. The van der Waals surface area contributed by atoms with E-state index in [0.717, 1.165) is 12.0 Å². The third-order valence-corrected chi connectivity index (χ3v) is 7.08. The highest BCUT2D eigenvalue weighted by molar-refractivity contribution is 7.89. The first-order chi connectivity index (χ1) is 12.3. The molecule has 6 nitrogen and oxygen atoms in total. The summed E-state index contributed by atoms with van der Waals surface area (Å²) in [7, 11) is -1.68. The Hall–Kier alpha value is -1.31. The minimum atomic E-state index is -3.21. The SMILES string of the molecule is CCCCS(=O)(=O)N1CCC(C(=O)Nc2cc(C)c(Cl)cc2OC)CC1. The van der Waals surface area contributed by atoms with Gasteiger partial charge in [-0.2, -0.15) is 0 Å². The van der Waals surface area contributed by atoms with Gasteiger partial charge >= 0.3 is 0 Å². The molecule has 1 saturated heterocycles. The number of methoxy groups -OCH3 is 1. The molecule has 0 bridgehead atoms. The lowest BCUT2D eigenvalue weighted by molar-refractivity contribution is -0.120. The lowest BCUT2D eigenvalue weighted by Gasteiger charge is -2.30. The summed E-state index contributed by atoms with van der Waals surface area (Å²) in [6.45, 7) is 4.61. The first-order valence-corrected chi connectivity index (χ1v) is 10.9. The fraction of sp³-hybridized carbons (Fsp3) is 0.611. The molecule has 26 heavy (non-hydrogen) atoms. The van der Waals surface area contributed by atoms with Crippen LogP contribution in [0.25, 0.3) is 0 Å². The van der Waals surface area contributed by atoms with E-state index in [1.165, 1.54) is 11.4 Å². The number of piperidine rings is 1. The zero-order valence-electron chi connectivity index (χ0n) is 15.5. The molecule has 146 valence electrons. The summed E-state index contributed by atoms with van der Waals surface area (Å²) in [4.78, 5) is 12.6. The highest BCUT2D eigenvalue weighted by atomic mass is 35.5. The first-order valence-electron chi connectivity index (χ1n) is 8.91. The van der Waals surface area contributed by atoms with Gasteiger partial charge in [0.15, 0.2) is 0 Å². The van der Waals surface area contributed by atoms with Gasteiger partial charge in [-0.3, -0.25) is 4.79 Å². The second kappa shape index (κ2) is 9.06. The van der Waals surface area contributed by atoms with Gasteiger partial charge in [0.1, 0.15) is 5.75 Å². The van der Waals surface area contributed by atoms with Gasteiger partial charge in [-0.1, -0.05) is 24.9 Å². The molecule has 1 heterocycles. The maximum absolute atomic E-state index is 12.6. The minimum absolute atomic E-state index is 0.115. The highest BCUT2D eigenvalue weighted by Gasteiger charge is 2.31. The molecule has 0 saturated carbocycles. The maximum atomic E-state index is 12.6. The van der Waals surface area contributed by atoms with Gasteiger partial charge in [-0.15, -0.1) is 0 Å². The molecule has 1 aromatic carbocycles. The Balaban J connectivity index is 1.98. The molecule has 2 rings (SSSR count). The number of rotatable bonds is 7. The molecule has 1 aliphatic heterocycles. The number of sulfonamides is 1. The van der Waals surface area contributed by atoms with Crippen LogP contribution in [0.2, 0.25) is 5.02 Å². The van der Waals surface area contributed by atoms with E-state index < -0.39 is 10.0 Å². The second-order valence-electron chi connectivity index (χ2n) is 6.63. The molecule has 0 aliphatic carbocycles. The molecule has 1 fully saturated rings. The number of carbonyl (C=O) groups excluding carboxylic acids is 1. The molecular weight excluding hydrogens is 376 g/mol. The second-order valence-corrected chi connectivity index (χ2v) is 9.13. The summed E-state index contributed by atoms with van der Waals surface area (Å²) in [5, 5.41) is 3.47. The lowest BCUT2D eigenvalue weighted by atomic mass is 9.97. The molecule has 1 aliphatic rings. The monoisotopic (exact) mass is 402 g/mol. The van der Waals surface area contributed by atoms with Crippen molar-refractivity contribution < 1.29 is 17.9 Å². The summed E-state index contributed by atoms with van der Waals surface area (Å²) in [5.74, 6) is 0.360. The molecular formula is C18H27ClN2O4S. The average molecular weight is 403 g/mol. The summed E-state index contributed by atoms with van der Waals surface area (Å²) in [6.07, 6.45) is 2.55. The third kappa shape index (κ3) is 5.11. The standard InChI is InChI=1S/C18H27ClN2O4S/c1-4-5-10-26(23,24)21-8-6-14(7-9-21)18(22)20-16-11-13(2)15(19)12-17(16)25-3/h11-12,14H,4-10H2,1-3H3,(H,20,22). The minimum Gasteiger partial charge on any atom is -0.495 e. The number of anilines is 1. The van der Waals surface area contributed by atoms with Crippen molar-refractivity contribution in [3.05, 3.63) is 22.7 Å². The van der Waals surface area contributed by atoms with Crippen LogP contribution >= 0.6 is 11.6 Å². The van der Waals surface area contributed by atoms with Crippen LogP contribution in [0.3, 0.4) is 0 Å². The largest absolute Gasteiger partial charge is 0.495 e. The molecule has 1 aromatic rings. The first kappa shape index (κ1) is 21.0. The number of hydrogen-bond donors (Lipinski definition) is 1. The van der Waals surface area contributed by atoms with Gasteiger partial charge in [0.2, 0.25) is 15.9 Å². The van der Waals surface area contributed by atoms with Gasteiger partial charge in [0.25, 0.3) is 0 Å². The van der Waals surface area contributed by atoms with Crippen LogP contribution in [0, 0.1) is 12.8 Å².